The number of benzene rings is 1. The minimum Gasteiger partial charge on any atom is -0.390 e. The Bertz CT molecular complexity index is 410. The summed E-state index contributed by atoms with van der Waals surface area (Å²) >= 11 is 3.28. The fourth-order valence-electron chi connectivity index (χ4n) is 2.96. The van der Waals surface area contributed by atoms with Gasteiger partial charge in [-0.2, -0.15) is 0 Å². The molecular formula is C15H20BrFO2. The molecular weight excluding hydrogens is 311 g/mol. The summed E-state index contributed by atoms with van der Waals surface area (Å²) < 4.78 is 19.7. The molecule has 1 aromatic carbocycles. The largest absolute Gasteiger partial charge is 0.390 e. The van der Waals surface area contributed by atoms with Crippen LogP contribution in [0, 0.1) is 5.82 Å². The second kappa shape index (κ2) is 6.33. The fourth-order valence-corrected chi connectivity index (χ4v) is 3.47. The average molecular weight is 331 g/mol. The Morgan fingerprint density at radius 1 is 1.32 bits per heavy atom. The van der Waals surface area contributed by atoms with E-state index in [1.807, 2.05) is 6.07 Å². The molecule has 0 aliphatic heterocycles. The van der Waals surface area contributed by atoms with Gasteiger partial charge in [-0.25, -0.2) is 4.39 Å². The lowest BCUT2D eigenvalue weighted by atomic mass is 9.78. The summed E-state index contributed by atoms with van der Waals surface area (Å²) in [6, 6.07) is 4.74. The van der Waals surface area contributed by atoms with Gasteiger partial charge in [0.1, 0.15) is 5.82 Å². The zero-order valence-corrected chi connectivity index (χ0v) is 12.7. The van der Waals surface area contributed by atoms with E-state index in [1.165, 1.54) is 18.6 Å². The van der Waals surface area contributed by atoms with Crippen LogP contribution in [0.3, 0.4) is 0 Å². The summed E-state index contributed by atoms with van der Waals surface area (Å²) in [5.74, 6) is -0.285. The Morgan fingerprint density at radius 2 is 2.00 bits per heavy atom. The first kappa shape index (κ1) is 14.9. The number of hydrogen-bond donors (Lipinski definition) is 1. The molecule has 1 aliphatic rings. The Kier molecular flexibility index (Phi) is 4.98. The van der Waals surface area contributed by atoms with E-state index in [9.17, 15) is 9.50 Å². The van der Waals surface area contributed by atoms with E-state index in [0.29, 0.717) is 10.9 Å². The second-order valence-electron chi connectivity index (χ2n) is 5.33. The maximum absolute atomic E-state index is 13.4. The summed E-state index contributed by atoms with van der Waals surface area (Å²) in [6.45, 7) is 0. The van der Waals surface area contributed by atoms with Crippen molar-refractivity contribution in [1.82, 2.24) is 0 Å². The smallest absolute Gasteiger partial charge is 0.124 e. The molecule has 1 aliphatic carbocycles. The van der Waals surface area contributed by atoms with Crippen LogP contribution in [0.2, 0.25) is 0 Å². The summed E-state index contributed by atoms with van der Waals surface area (Å²) in [5.41, 5.74) is 0.332. The molecule has 1 aromatic rings. The van der Waals surface area contributed by atoms with Crippen molar-refractivity contribution < 1.29 is 14.2 Å². The van der Waals surface area contributed by atoms with Gasteiger partial charge in [0.25, 0.3) is 0 Å². The molecule has 1 fully saturated rings. The molecule has 0 amide bonds. The lowest BCUT2D eigenvalue weighted by Crippen LogP contribution is -2.46. The van der Waals surface area contributed by atoms with Crippen molar-refractivity contribution >= 4 is 15.9 Å². The summed E-state index contributed by atoms with van der Waals surface area (Å²) in [4.78, 5) is 0. The van der Waals surface area contributed by atoms with Gasteiger partial charge in [0.2, 0.25) is 0 Å². The highest BCUT2D eigenvalue weighted by molar-refractivity contribution is 9.10. The second-order valence-corrected chi connectivity index (χ2v) is 6.24. The van der Waals surface area contributed by atoms with E-state index in [4.69, 9.17) is 4.74 Å². The van der Waals surface area contributed by atoms with Crippen molar-refractivity contribution in [2.75, 3.05) is 7.11 Å². The van der Waals surface area contributed by atoms with E-state index in [-0.39, 0.29) is 5.82 Å². The Morgan fingerprint density at radius 3 is 2.58 bits per heavy atom. The average Bonchev–Trinajstić information content (AvgIpc) is 2.38. The zero-order valence-electron chi connectivity index (χ0n) is 11.2. The SMILES string of the molecule is COC1(C(O)Cc2cc(F)cc(Br)c2)CCCCC1. The van der Waals surface area contributed by atoms with E-state index in [1.54, 1.807) is 7.11 Å². The molecule has 0 bridgehead atoms. The van der Waals surface area contributed by atoms with Crippen LogP contribution in [-0.2, 0) is 11.2 Å². The summed E-state index contributed by atoms with van der Waals surface area (Å²) in [5, 5.41) is 10.5. The van der Waals surface area contributed by atoms with Crippen LogP contribution in [-0.4, -0.2) is 23.9 Å². The monoisotopic (exact) mass is 330 g/mol. The molecule has 2 rings (SSSR count). The lowest BCUT2D eigenvalue weighted by Gasteiger charge is -2.40. The molecule has 1 saturated carbocycles. The molecule has 1 unspecified atom stereocenters. The molecule has 106 valence electrons. The van der Waals surface area contributed by atoms with Crippen LogP contribution in [0.5, 0.6) is 0 Å². The molecule has 4 heteroatoms. The normalized spacial score (nSPS) is 20.2. The van der Waals surface area contributed by atoms with Gasteiger partial charge in [0, 0.05) is 18.0 Å². The zero-order chi connectivity index (χ0) is 13.9. The van der Waals surface area contributed by atoms with Gasteiger partial charge in [-0.3, -0.25) is 0 Å². The van der Waals surface area contributed by atoms with Crippen LogP contribution in [0.1, 0.15) is 37.7 Å². The van der Waals surface area contributed by atoms with Gasteiger partial charge in [-0.05, 0) is 36.6 Å². The third kappa shape index (κ3) is 3.56. The maximum Gasteiger partial charge on any atom is 0.124 e. The van der Waals surface area contributed by atoms with Crippen molar-refractivity contribution in [2.24, 2.45) is 0 Å². The van der Waals surface area contributed by atoms with E-state index in [2.05, 4.69) is 15.9 Å². The van der Waals surface area contributed by atoms with Gasteiger partial charge < -0.3 is 9.84 Å². The Balaban J connectivity index is 2.12. The number of rotatable bonds is 4. The molecule has 1 N–H and O–H groups in total. The standard InChI is InChI=1S/C15H20BrFO2/c1-19-15(5-3-2-4-6-15)14(18)9-11-7-12(16)10-13(17)8-11/h7-8,10,14,18H,2-6,9H2,1H3. The predicted molar refractivity (Wildman–Crippen MR) is 76.6 cm³/mol. The quantitative estimate of drug-likeness (QED) is 0.908. The third-order valence-corrected chi connectivity index (χ3v) is 4.52. The van der Waals surface area contributed by atoms with Crippen molar-refractivity contribution in [3.8, 4) is 0 Å². The van der Waals surface area contributed by atoms with E-state index < -0.39 is 11.7 Å². The molecule has 0 aromatic heterocycles. The first-order valence-corrected chi connectivity index (χ1v) is 7.53. The first-order valence-electron chi connectivity index (χ1n) is 6.74. The van der Waals surface area contributed by atoms with Crippen LogP contribution in [0.4, 0.5) is 4.39 Å². The maximum atomic E-state index is 13.4. The van der Waals surface area contributed by atoms with Crippen molar-refractivity contribution in [1.29, 1.82) is 0 Å². The minimum absolute atomic E-state index is 0.285. The molecule has 0 spiro atoms. The topological polar surface area (TPSA) is 29.5 Å². The van der Waals surface area contributed by atoms with Gasteiger partial charge in [0.05, 0.1) is 11.7 Å². The number of halogens is 2. The fraction of sp³-hybridized carbons (Fsp3) is 0.600. The van der Waals surface area contributed by atoms with Crippen molar-refractivity contribution in [3.63, 3.8) is 0 Å². The number of aliphatic hydroxyl groups excluding tert-OH is 1. The number of methoxy groups -OCH3 is 1. The number of hydrogen-bond acceptors (Lipinski definition) is 2. The number of aliphatic hydroxyl groups is 1. The summed E-state index contributed by atoms with van der Waals surface area (Å²) in [7, 11) is 1.66. The first-order chi connectivity index (χ1) is 9.05. The van der Waals surface area contributed by atoms with Crippen LogP contribution >= 0.6 is 15.9 Å². The van der Waals surface area contributed by atoms with Crippen LogP contribution in [0.25, 0.3) is 0 Å². The van der Waals surface area contributed by atoms with Gasteiger partial charge in [0.15, 0.2) is 0 Å². The highest BCUT2D eigenvalue weighted by atomic mass is 79.9. The van der Waals surface area contributed by atoms with E-state index in [0.717, 1.165) is 31.2 Å². The Hall–Kier alpha value is -0.450. The van der Waals surface area contributed by atoms with Gasteiger partial charge >= 0.3 is 0 Å². The van der Waals surface area contributed by atoms with Gasteiger partial charge in [-0.1, -0.05) is 35.2 Å². The van der Waals surface area contributed by atoms with E-state index >= 15 is 0 Å². The van der Waals surface area contributed by atoms with Crippen LogP contribution in [0.15, 0.2) is 22.7 Å². The van der Waals surface area contributed by atoms with Crippen LogP contribution < -0.4 is 0 Å². The number of ether oxygens (including phenoxy) is 1. The third-order valence-electron chi connectivity index (χ3n) is 4.07. The van der Waals surface area contributed by atoms with Crippen molar-refractivity contribution in [2.45, 2.75) is 50.2 Å². The molecule has 0 radical (unpaired) electrons. The predicted octanol–water partition coefficient (Wildman–Crippen LogP) is 3.84. The molecule has 1 atom stereocenters. The molecule has 2 nitrogen and oxygen atoms in total. The Labute approximate surface area is 122 Å². The highest BCUT2D eigenvalue weighted by Gasteiger charge is 2.39. The lowest BCUT2D eigenvalue weighted by molar-refractivity contribution is -0.122. The molecule has 19 heavy (non-hydrogen) atoms. The highest BCUT2D eigenvalue weighted by Crippen LogP contribution is 2.35. The molecule has 0 saturated heterocycles. The summed E-state index contributed by atoms with van der Waals surface area (Å²) in [6.07, 6.45) is 4.94. The van der Waals surface area contributed by atoms with Gasteiger partial charge in [-0.15, -0.1) is 0 Å². The van der Waals surface area contributed by atoms with Crippen molar-refractivity contribution in [3.05, 3.63) is 34.1 Å². The molecule has 0 heterocycles. The minimum atomic E-state index is -0.591.